The highest BCUT2D eigenvalue weighted by atomic mass is 79.9. The lowest BCUT2D eigenvalue weighted by atomic mass is 10.0. The van der Waals surface area contributed by atoms with Crippen LogP contribution in [-0.2, 0) is 11.3 Å². The first-order valence-electron chi connectivity index (χ1n) is 7.31. The van der Waals surface area contributed by atoms with Crippen molar-refractivity contribution >= 4 is 21.6 Å². The molecule has 20 heavy (non-hydrogen) atoms. The van der Waals surface area contributed by atoms with Gasteiger partial charge in [0.05, 0.1) is 18.5 Å². The minimum absolute atomic E-state index is 0.0400. The summed E-state index contributed by atoms with van der Waals surface area (Å²) in [7, 11) is 0. The van der Waals surface area contributed by atoms with E-state index in [2.05, 4.69) is 26.3 Å². The molecule has 1 atom stereocenters. The minimum Gasteiger partial charge on any atom is -0.382 e. The summed E-state index contributed by atoms with van der Waals surface area (Å²) in [6.07, 6.45) is 6.48. The third-order valence-electron chi connectivity index (χ3n) is 3.95. The third-order valence-corrected chi connectivity index (χ3v) is 4.72. The number of anilines is 1. The summed E-state index contributed by atoms with van der Waals surface area (Å²) in [5.74, 6) is 1.16. The maximum atomic E-state index is 12.2. The van der Waals surface area contributed by atoms with Gasteiger partial charge in [-0.3, -0.25) is 4.79 Å². The maximum Gasteiger partial charge on any atom is 0.283 e. The summed E-state index contributed by atoms with van der Waals surface area (Å²) in [6.45, 7) is 3.25. The molecule has 1 saturated carbocycles. The van der Waals surface area contributed by atoms with E-state index in [0.29, 0.717) is 16.3 Å². The van der Waals surface area contributed by atoms with Gasteiger partial charge in [0, 0.05) is 19.7 Å². The number of hydrogen-bond donors (Lipinski definition) is 1. The Morgan fingerprint density at radius 1 is 1.40 bits per heavy atom. The average Bonchev–Trinajstić information content (AvgIpc) is 3.28. The van der Waals surface area contributed by atoms with Crippen LogP contribution in [0.1, 0.15) is 25.7 Å². The molecule has 1 unspecified atom stereocenters. The zero-order chi connectivity index (χ0) is 13.9. The van der Waals surface area contributed by atoms with Gasteiger partial charge in [-0.15, -0.1) is 0 Å². The van der Waals surface area contributed by atoms with Crippen LogP contribution in [0.2, 0.25) is 0 Å². The Bertz CT molecular complexity index is 522. The van der Waals surface area contributed by atoms with E-state index >= 15 is 0 Å². The summed E-state index contributed by atoms with van der Waals surface area (Å²) in [5.41, 5.74) is 0.745. The zero-order valence-electron chi connectivity index (χ0n) is 11.5. The lowest BCUT2D eigenvalue weighted by molar-refractivity contribution is 0.0595. The number of ether oxygens (including phenoxy) is 1. The zero-order valence-corrected chi connectivity index (χ0v) is 13.1. The average molecular weight is 342 g/mol. The number of halogens is 1. The summed E-state index contributed by atoms with van der Waals surface area (Å²) < 4.78 is 7.62. The monoisotopic (exact) mass is 341 g/mol. The van der Waals surface area contributed by atoms with Crippen LogP contribution in [0.15, 0.2) is 15.5 Å². The van der Waals surface area contributed by atoms with Gasteiger partial charge in [-0.2, -0.15) is 5.10 Å². The first-order valence-corrected chi connectivity index (χ1v) is 8.10. The van der Waals surface area contributed by atoms with Gasteiger partial charge in [0.1, 0.15) is 4.47 Å². The van der Waals surface area contributed by atoms with Crippen LogP contribution in [0.5, 0.6) is 0 Å². The fourth-order valence-electron chi connectivity index (χ4n) is 2.49. The molecule has 110 valence electrons. The van der Waals surface area contributed by atoms with Gasteiger partial charge in [0.25, 0.3) is 5.56 Å². The Labute approximate surface area is 126 Å². The first-order chi connectivity index (χ1) is 9.74. The molecule has 6 heteroatoms. The summed E-state index contributed by atoms with van der Waals surface area (Å²) >= 11 is 3.40. The Kier molecular flexibility index (Phi) is 4.41. The van der Waals surface area contributed by atoms with E-state index in [9.17, 15) is 4.79 Å². The van der Waals surface area contributed by atoms with Crippen LogP contribution in [0.25, 0.3) is 0 Å². The van der Waals surface area contributed by atoms with Crippen LogP contribution in [-0.4, -0.2) is 29.5 Å². The molecule has 1 N–H and O–H groups in total. The number of hydrogen-bond acceptors (Lipinski definition) is 4. The van der Waals surface area contributed by atoms with E-state index in [-0.39, 0.29) is 5.56 Å². The number of aromatic nitrogens is 2. The normalized spacial score (nSPS) is 22.8. The van der Waals surface area contributed by atoms with Crippen molar-refractivity contribution in [3.63, 3.8) is 0 Å². The second-order valence-electron chi connectivity index (χ2n) is 5.77. The van der Waals surface area contributed by atoms with E-state index in [1.165, 1.54) is 19.3 Å². The molecule has 3 rings (SSSR count). The lowest BCUT2D eigenvalue weighted by Gasteiger charge is -2.22. The van der Waals surface area contributed by atoms with Crippen molar-refractivity contribution in [2.24, 2.45) is 11.8 Å². The standard InChI is InChI=1S/C14H20BrN3O2/c15-13-12(16-6-11-2-1-5-20-9-11)7-17-18(14(13)19)8-10-3-4-10/h7,10-11,16H,1-6,8-9H2. The molecule has 2 fully saturated rings. The van der Waals surface area contributed by atoms with Gasteiger partial charge >= 0.3 is 0 Å². The quantitative estimate of drug-likeness (QED) is 0.892. The molecule has 1 aromatic heterocycles. The Morgan fingerprint density at radius 3 is 2.95 bits per heavy atom. The fourth-order valence-corrected chi connectivity index (χ4v) is 2.93. The number of rotatable bonds is 5. The second-order valence-corrected chi connectivity index (χ2v) is 6.56. The van der Waals surface area contributed by atoms with Gasteiger partial charge in [-0.25, -0.2) is 4.68 Å². The van der Waals surface area contributed by atoms with Crippen molar-refractivity contribution in [1.82, 2.24) is 9.78 Å². The highest BCUT2D eigenvalue weighted by Crippen LogP contribution is 2.30. The van der Waals surface area contributed by atoms with Crippen LogP contribution < -0.4 is 10.9 Å². The van der Waals surface area contributed by atoms with E-state index in [4.69, 9.17) is 4.74 Å². The van der Waals surface area contributed by atoms with Gasteiger partial charge in [-0.1, -0.05) is 0 Å². The maximum absolute atomic E-state index is 12.2. The molecule has 1 saturated heterocycles. The molecule has 1 aliphatic carbocycles. The number of nitrogens with one attached hydrogen (secondary N) is 1. The SMILES string of the molecule is O=c1c(Br)c(NCC2CCCOC2)cnn1CC1CC1. The van der Waals surface area contributed by atoms with Crippen molar-refractivity contribution in [3.8, 4) is 0 Å². The van der Waals surface area contributed by atoms with E-state index in [0.717, 1.165) is 38.4 Å². The molecular weight excluding hydrogens is 322 g/mol. The topological polar surface area (TPSA) is 56.1 Å². The first kappa shape index (κ1) is 14.1. The van der Waals surface area contributed by atoms with Gasteiger partial charge in [0.2, 0.25) is 0 Å². The van der Waals surface area contributed by atoms with Crippen LogP contribution in [0, 0.1) is 11.8 Å². The third kappa shape index (κ3) is 3.41. The Balaban J connectivity index is 1.63. The lowest BCUT2D eigenvalue weighted by Crippen LogP contribution is -2.28. The molecule has 1 aromatic rings. The van der Waals surface area contributed by atoms with E-state index < -0.39 is 0 Å². The molecule has 0 spiro atoms. The van der Waals surface area contributed by atoms with Crippen LogP contribution in [0.4, 0.5) is 5.69 Å². The molecule has 2 aliphatic rings. The van der Waals surface area contributed by atoms with Crippen molar-refractivity contribution < 1.29 is 4.74 Å². The highest BCUT2D eigenvalue weighted by Gasteiger charge is 2.23. The van der Waals surface area contributed by atoms with Crippen LogP contribution >= 0.6 is 15.9 Å². The van der Waals surface area contributed by atoms with Crippen molar-refractivity contribution in [1.29, 1.82) is 0 Å². The summed E-state index contributed by atoms with van der Waals surface area (Å²) in [4.78, 5) is 12.2. The van der Waals surface area contributed by atoms with Gasteiger partial charge < -0.3 is 10.1 Å². The highest BCUT2D eigenvalue weighted by molar-refractivity contribution is 9.10. The van der Waals surface area contributed by atoms with Gasteiger partial charge in [0.15, 0.2) is 0 Å². The number of nitrogens with zero attached hydrogens (tertiary/aromatic N) is 2. The molecule has 5 nitrogen and oxygen atoms in total. The predicted molar refractivity (Wildman–Crippen MR) is 81.0 cm³/mol. The predicted octanol–water partition coefficient (Wildman–Crippen LogP) is 2.25. The van der Waals surface area contributed by atoms with E-state index in [1.54, 1.807) is 10.9 Å². The van der Waals surface area contributed by atoms with E-state index in [1.807, 2.05) is 0 Å². The Hall–Kier alpha value is -0.880. The van der Waals surface area contributed by atoms with Crippen LogP contribution in [0.3, 0.4) is 0 Å². The molecule has 0 radical (unpaired) electrons. The smallest absolute Gasteiger partial charge is 0.283 e. The van der Waals surface area contributed by atoms with Gasteiger partial charge in [-0.05, 0) is 53.4 Å². The molecule has 0 amide bonds. The molecule has 0 aromatic carbocycles. The minimum atomic E-state index is -0.0400. The fraction of sp³-hybridized carbons (Fsp3) is 0.714. The molecular formula is C14H20BrN3O2. The second kappa shape index (κ2) is 6.26. The van der Waals surface area contributed by atoms with Crippen molar-refractivity contribution in [2.75, 3.05) is 25.1 Å². The van der Waals surface area contributed by atoms with Crippen molar-refractivity contribution in [2.45, 2.75) is 32.2 Å². The Morgan fingerprint density at radius 2 is 2.25 bits per heavy atom. The molecule has 0 bridgehead atoms. The largest absolute Gasteiger partial charge is 0.382 e. The molecule has 2 heterocycles. The summed E-state index contributed by atoms with van der Waals surface area (Å²) in [5, 5.41) is 7.58. The molecule has 1 aliphatic heterocycles. The van der Waals surface area contributed by atoms with Crippen molar-refractivity contribution in [3.05, 3.63) is 21.0 Å². The summed E-state index contributed by atoms with van der Waals surface area (Å²) in [6, 6.07) is 0.